The van der Waals surface area contributed by atoms with Gasteiger partial charge in [0.05, 0.1) is 6.54 Å². The number of benzene rings is 1. The van der Waals surface area contributed by atoms with Crippen LogP contribution in [-0.4, -0.2) is 14.1 Å². The van der Waals surface area contributed by atoms with Crippen LogP contribution in [0.15, 0.2) is 35.4 Å². The van der Waals surface area contributed by atoms with E-state index in [2.05, 4.69) is 0 Å². The number of aromatic nitrogens is 2. The predicted molar refractivity (Wildman–Crippen MR) is 80.4 cm³/mol. The zero-order valence-corrected chi connectivity index (χ0v) is 12.0. The van der Waals surface area contributed by atoms with Crippen molar-refractivity contribution >= 4 is 17.2 Å². The molecule has 20 heavy (non-hydrogen) atoms. The molecule has 0 radical (unpaired) electrons. The van der Waals surface area contributed by atoms with Gasteiger partial charge in [-0.2, -0.15) is 0 Å². The monoisotopic (exact) mass is 293 g/mol. The molecular weight excluding hydrogens is 277 g/mol. The van der Waals surface area contributed by atoms with Crippen LogP contribution in [0, 0.1) is 5.82 Å². The molecule has 6 heteroatoms. The lowest BCUT2D eigenvalue weighted by Gasteiger charge is -2.08. The Morgan fingerprint density at radius 2 is 2.05 bits per heavy atom. The summed E-state index contributed by atoms with van der Waals surface area (Å²) < 4.78 is 16.5. The maximum Gasteiger partial charge on any atom is 0.328 e. The number of nitrogens with two attached hydrogens (primary N) is 1. The SMILES string of the molecule is CCCn1ccn(Cc2cc(F)ccc2C(N)=S)c1=O. The number of imidazole rings is 1. The first-order valence-corrected chi connectivity index (χ1v) is 6.77. The Morgan fingerprint density at radius 1 is 1.35 bits per heavy atom. The highest BCUT2D eigenvalue weighted by Crippen LogP contribution is 2.12. The van der Waals surface area contributed by atoms with Gasteiger partial charge in [-0.1, -0.05) is 19.1 Å². The molecule has 2 aromatic rings. The Bertz CT molecular complexity index is 690. The molecule has 2 rings (SSSR count). The van der Waals surface area contributed by atoms with E-state index in [4.69, 9.17) is 18.0 Å². The van der Waals surface area contributed by atoms with E-state index in [1.165, 1.54) is 16.7 Å². The predicted octanol–water partition coefficient (Wildman–Crippen LogP) is 1.88. The Kier molecular flexibility index (Phi) is 4.34. The fourth-order valence-corrected chi connectivity index (χ4v) is 2.30. The van der Waals surface area contributed by atoms with Crippen LogP contribution in [0.5, 0.6) is 0 Å². The van der Waals surface area contributed by atoms with Gasteiger partial charge < -0.3 is 5.73 Å². The van der Waals surface area contributed by atoms with Crippen molar-refractivity contribution < 1.29 is 4.39 Å². The first-order valence-electron chi connectivity index (χ1n) is 6.36. The summed E-state index contributed by atoms with van der Waals surface area (Å²) in [7, 11) is 0. The second-order valence-electron chi connectivity index (χ2n) is 4.57. The Balaban J connectivity index is 2.37. The van der Waals surface area contributed by atoms with E-state index in [1.54, 1.807) is 23.0 Å². The second-order valence-corrected chi connectivity index (χ2v) is 5.01. The first-order chi connectivity index (χ1) is 9.52. The van der Waals surface area contributed by atoms with Crippen molar-refractivity contribution in [2.75, 3.05) is 0 Å². The van der Waals surface area contributed by atoms with Gasteiger partial charge in [0.25, 0.3) is 0 Å². The summed E-state index contributed by atoms with van der Waals surface area (Å²) in [5, 5.41) is 0. The normalized spacial score (nSPS) is 10.7. The fourth-order valence-electron chi connectivity index (χ4n) is 2.10. The lowest BCUT2D eigenvalue weighted by atomic mass is 10.1. The Labute approximate surface area is 121 Å². The van der Waals surface area contributed by atoms with Crippen molar-refractivity contribution in [1.29, 1.82) is 0 Å². The summed E-state index contributed by atoms with van der Waals surface area (Å²) in [5.41, 5.74) is 6.70. The van der Waals surface area contributed by atoms with E-state index in [0.717, 1.165) is 6.42 Å². The maximum atomic E-state index is 13.4. The highest BCUT2D eigenvalue weighted by molar-refractivity contribution is 7.80. The molecule has 0 amide bonds. The number of nitrogens with zero attached hydrogens (tertiary/aromatic N) is 2. The third kappa shape index (κ3) is 2.96. The van der Waals surface area contributed by atoms with Crippen molar-refractivity contribution in [3.63, 3.8) is 0 Å². The molecule has 4 nitrogen and oxygen atoms in total. The average Bonchev–Trinajstić information content (AvgIpc) is 2.72. The Morgan fingerprint density at radius 3 is 2.70 bits per heavy atom. The third-order valence-corrected chi connectivity index (χ3v) is 3.28. The molecule has 0 unspecified atom stereocenters. The number of thiocarbonyl (C=S) groups is 1. The van der Waals surface area contributed by atoms with Crippen LogP contribution < -0.4 is 11.4 Å². The molecule has 0 aliphatic carbocycles. The van der Waals surface area contributed by atoms with E-state index in [1.807, 2.05) is 6.92 Å². The number of halogens is 1. The molecule has 0 saturated carbocycles. The largest absolute Gasteiger partial charge is 0.389 e. The third-order valence-electron chi connectivity index (χ3n) is 3.06. The summed E-state index contributed by atoms with van der Waals surface area (Å²) in [4.78, 5) is 12.3. The molecule has 1 aromatic carbocycles. The van der Waals surface area contributed by atoms with Crippen molar-refractivity contribution in [2.24, 2.45) is 5.73 Å². The summed E-state index contributed by atoms with van der Waals surface area (Å²) in [6, 6.07) is 4.21. The van der Waals surface area contributed by atoms with Gasteiger partial charge in [-0.3, -0.25) is 9.13 Å². The second kappa shape index (κ2) is 6.00. The van der Waals surface area contributed by atoms with Crippen LogP contribution in [0.4, 0.5) is 4.39 Å². The molecule has 0 saturated heterocycles. The summed E-state index contributed by atoms with van der Waals surface area (Å²) in [5.74, 6) is -0.374. The highest BCUT2D eigenvalue weighted by atomic mass is 32.1. The van der Waals surface area contributed by atoms with E-state index in [0.29, 0.717) is 17.7 Å². The molecule has 0 atom stereocenters. The lowest BCUT2D eigenvalue weighted by Crippen LogP contribution is -2.25. The van der Waals surface area contributed by atoms with Crippen LogP contribution in [-0.2, 0) is 13.1 Å². The summed E-state index contributed by atoms with van der Waals surface area (Å²) >= 11 is 4.95. The fraction of sp³-hybridized carbons (Fsp3) is 0.286. The molecule has 0 aliphatic rings. The maximum absolute atomic E-state index is 13.4. The molecular formula is C14H16FN3OS. The van der Waals surface area contributed by atoms with E-state index in [-0.39, 0.29) is 23.0 Å². The standard InChI is InChI=1S/C14H16FN3OS/c1-2-5-17-6-7-18(14(17)19)9-10-8-11(15)3-4-12(10)13(16)20/h3-4,6-8H,2,5,9H2,1H3,(H2,16,20). The summed E-state index contributed by atoms with van der Waals surface area (Å²) in [6.07, 6.45) is 4.29. The molecule has 0 spiro atoms. The van der Waals surface area contributed by atoms with Gasteiger partial charge in [0, 0.05) is 24.5 Å². The van der Waals surface area contributed by atoms with E-state index in [9.17, 15) is 9.18 Å². The number of rotatable bonds is 5. The minimum Gasteiger partial charge on any atom is -0.389 e. The van der Waals surface area contributed by atoms with Crippen LogP contribution in [0.25, 0.3) is 0 Å². The quantitative estimate of drug-likeness (QED) is 0.856. The van der Waals surface area contributed by atoms with Crippen LogP contribution >= 0.6 is 12.2 Å². The van der Waals surface area contributed by atoms with Crippen LogP contribution in [0.3, 0.4) is 0 Å². The zero-order valence-electron chi connectivity index (χ0n) is 11.2. The minimum absolute atomic E-state index is 0.120. The number of aryl methyl sites for hydroxylation is 1. The smallest absolute Gasteiger partial charge is 0.328 e. The van der Waals surface area contributed by atoms with Crippen molar-refractivity contribution in [3.05, 3.63) is 58.0 Å². The van der Waals surface area contributed by atoms with E-state index < -0.39 is 0 Å². The number of hydrogen-bond acceptors (Lipinski definition) is 2. The summed E-state index contributed by atoms with van der Waals surface area (Å²) in [6.45, 7) is 2.92. The van der Waals surface area contributed by atoms with Crippen LogP contribution in [0.2, 0.25) is 0 Å². The highest BCUT2D eigenvalue weighted by Gasteiger charge is 2.10. The van der Waals surface area contributed by atoms with Gasteiger partial charge in [-0.25, -0.2) is 9.18 Å². The van der Waals surface area contributed by atoms with Crippen LogP contribution in [0.1, 0.15) is 24.5 Å². The molecule has 1 aromatic heterocycles. The molecule has 0 aliphatic heterocycles. The van der Waals surface area contributed by atoms with Gasteiger partial charge in [0.1, 0.15) is 10.8 Å². The topological polar surface area (TPSA) is 52.9 Å². The lowest BCUT2D eigenvalue weighted by molar-refractivity contribution is 0.613. The van der Waals surface area contributed by atoms with Crippen molar-refractivity contribution in [3.8, 4) is 0 Å². The average molecular weight is 293 g/mol. The minimum atomic E-state index is -0.374. The molecule has 0 bridgehead atoms. The molecule has 1 heterocycles. The number of hydrogen-bond donors (Lipinski definition) is 1. The van der Waals surface area contributed by atoms with Gasteiger partial charge >= 0.3 is 5.69 Å². The molecule has 106 valence electrons. The van der Waals surface area contributed by atoms with Crippen molar-refractivity contribution in [2.45, 2.75) is 26.4 Å². The van der Waals surface area contributed by atoms with Gasteiger partial charge in [-0.15, -0.1) is 0 Å². The van der Waals surface area contributed by atoms with Crippen molar-refractivity contribution in [1.82, 2.24) is 9.13 Å². The zero-order chi connectivity index (χ0) is 14.7. The van der Waals surface area contributed by atoms with E-state index >= 15 is 0 Å². The first kappa shape index (κ1) is 14.5. The van der Waals surface area contributed by atoms with Gasteiger partial charge in [-0.05, 0) is 30.2 Å². The molecule has 0 fully saturated rings. The van der Waals surface area contributed by atoms with Gasteiger partial charge in [0.15, 0.2) is 0 Å². The molecule has 2 N–H and O–H groups in total. The van der Waals surface area contributed by atoms with Gasteiger partial charge in [0.2, 0.25) is 0 Å². The Hall–Kier alpha value is -1.95.